The molecule has 0 unspecified atom stereocenters. The van der Waals surface area contributed by atoms with Crippen LogP contribution in [0.2, 0.25) is 0 Å². The molecule has 12 nitrogen and oxygen atoms in total. The van der Waals surface area contributed by atoms with E-state index in [1.165, 1.54) is 0 Å². The van der Waals surface area contributed by atoms with Crippen molar-refractivity contribution in [3.05, 3.63) is 72.1 Å². The van der Waals surface area contributed by atoms with Crippen LogP contribution in [0.5, 0.6) is 0 Å². The lowest BCUT2D eigenvalue weighted by atomic mass is 9.99. The minimum atomic E-state index is -2.93. The van der Waals surface area contributed by atoms with Gasteiger partial charge in [0.05, 0.1) is 60.4 Å². The average molecular weight is 747 g/mol. The number of hydrogen-bond acceptors (Lipinski definition) is 10. The van der Waals surface area contributed by atoms with Crippen LogP contribution in [0.3, 0.4) is 0 Å². The maximum atomic E-state index is 14.4. The highest BCUT2D eigenvalue weighted by atomic mass is 19.3. The molecule has 2 N–H and O–H groups in total. The van der Waals surface area contributed by atoms with Crippen LogP contribution in [0.1, 0.15) is 24.0 Å². The number of halogens is 4. The number of alkyl halides is 4. The fourth-order valence-corrected chi connectivity index (χ4v) is 6.93. The molecular weight excluding hydrogens is 704 g/mol. The summed E-state index contributed by atoms with van der Waals surface area (Å²) in [6.45, 7) is -0.0568. The number of benzene rings is 2. The number of fused-ring (bicyclic) bond motifs is 2. The summed E-state index contributed by atoms with van der Waals surface area (Å²) in [5, 5.41) is 25.2. The number of rotatable bonds is 8. The lowest BCUT2D eigenvalue weighted by Gasteiger charge is -2.39. The standard InChI is InChI=1S/2C19H21F2N5O/c2*1-25(2)11-17(27)24-14-8-19(20,21)12-26(10-14)16-6-5-13(9-22)18-15(16)4-3-7-23-18/h2*3-7,14H,8,10-12H2,1-2H3,(H,24,27)/t2*14-/m10/s1. The first-order valence-electron chi connectivity index (χ1n) is 17.3. The molecule has 2 aliphatic rings. The predicted molar refractivity (Wildman–Crippen MR) is 197 cm³/mol. The van der Waals surface area contributed by atoms with Gasteiger partial charge in [-0.05, 0) is 76.7 Å². The van der Waals surface area contributed by atoms with Crippen molar-refractivity contribution in [2.24, 2.45) is 0 Å². The van der Waals surface area contributed by atoms with Gasteiger partial charge in [0.2, 0.25) is 11.8 Å². The van der Waals surface area contributed by atoms with E-state index in [1.54, 1.807) is 109 Å². The van der Waals surface area contributed by atoms with Crippen LogP contribution >= 0.6 is 0 Å². The number of nitrogens with zero attached hydrogens (tertiary/aromatic N) is 8. The van der Waals surface area contributed by atoms with Crippen molar-refractivity contribution >= 4 is 45.0 Å². The lowest BCUT2D eigenvalue weighted by Crippen LogP contribution is -2.56. The molecule has 2 aliphatic heterocycles. The topological polar surface area (TPSA) is 145 Å². The highest BCUT2D eigenvalue weighted by Gasteiger charge is 2.42. The number of aromatic nitrogens is 2. The molecule has 0 spiro atoms. The highest BCUT2D eigenvalue weighted by molar-refractivity contribution is 5.96. The third-order valence-corrected chi connectivity index (χ3v) is 8.88. The molecule has 0 aliphatic carbocycles. The molecule has 4 aromatic rings. The zero-order valence-electron chi connectivity index (χ0n) is 30.5. The summed E-state index contributed by atoms with van der Waals surface area (Å²) in [5.41, 5.74) is 2.94. The maximum absolute atomic E-state index is 14.4. The summed E-state index contributed by atoms with van der Waals surface area (Å²) in [6.07, 6.45) is 2.36. The molecule has 4 heterocycles. The van der Waals surface area contributed by atoms with Crippen molar-refractivity contribution in [3.8, 4) is 12.1 Å². The van der Waals surface area contributed by atoms with E-state index in [0.717, 1.165) is 0 Å². The van der Waals surface area contributed by atoms with Crippen molar-refractivity contribution in [1.82, 2.24) is 30.4 Å². The Morgan fingerprint density at radius 1 is 0.722 bits per heavy atom. The number of piperidine rings is 2. The molecule has 2 fully saturated rings. The SMILES string of the molecule is CN(C)CC(=O)N[C@@H]1CN(c2ccc(C#N)c3ncccc23)CC(F)(F)C1.CN(C)CC(=O)N[C@H]1CN(c2ccc(C#N)c3ncccc23)CC(F)(F)C1. The summed E-state index contributed by atoms with van der Waals surface area (Å²) in [4.78, 5) is 39.0. The van der Waals surface area contributed by atoms with Gasteiger partial charge in [-0.25, -0.2) is 17.6 Å². The first-order chi connectivity index (χ1) is 25.6. The van der Waals surface area contributed by atoms with Crippen molar-refractivity contribution in [2.75, 3.05) is 77.3 Å². The molecule has 6 rings (SSSR count). The fraction of sp³-hybridized carbons (Fsp3) is 0.421. The summed E-state index contributed by atoms with van der Waals surface area (Å²) < 4.78 is 57.5. The van der Waals surface area contributed by atoms with Gasteiger partial charge >= 0.3 is 0 Å². The number of carbonyl (C=O) groups is 2. The van der Waals surface area contributed by atoms with E-state index in [-0.39, 0.29) is 38.0 Å². The Morgan fingerprint density at radius 3 is 1.46 bits per heavy atom. The summed E-state index contributed by atoms with van der Waals surface area (Å²) in [7, 11) is 6.99. The number of pyridine rings is 2. The van der Waals surface area contributed by atoms with Crippen LogP contribution in [0.25, 0.3) is 21.8 Å². The molecule has 0 bridgehead atoms. The summed E-state index contributed by atoms with van der Waals surface area (Å²) >= 11 is 0. The molecule has 2 amide bonds. The molecule has 2 aromatic carbocycles. The number of carbonyl (C=O) groups excluding carboxylic acids is 2. The molecule has 16 heteroatoms. The number of anilines is 2. The third-order valence-electron chi connectivity index (χ3n) is 8.88. The third kappa shape index (κ3) is 9.89. The number of nitriles is 2. The van der Waals surface area contributed by atoms with Gasteiger partial charge in [-0.15, -0.1) is 0 Å². The second-order valence-electron chi connectivity index (χ2n) is 14.2. The predicted octanol–water partition coefficient (Wildman–Crippen LogP) is 4.00. The van der Waals surface area contributed by atoms with Crippen LogP contribution in [0.15, 0.2) is 60.9 Å². The molecule has 2 aromatic heterocycles. The van der Waals surface area contributed by atoms with E-state index < -0.39 is 49.9 Å². The minimum Gasteiger partial charge on any atom is -0.363 e. The van der Waals surface area contributed by atoms with E-state index in [2.05, 4.69) is 32.7 Å². The normalized spacial score (nSPS) is 19.1. The molecule has 284 valence electrons. The Morgan fingerprint density at radius 2 is 1.11 bits per heavy atom. The van der Waals surface area contributed by atoms with Crippen molar-refractivity contribution in [3.63, 3.8) is 0 Å². The Kier molecular flexibility index (Phi) is 12.2. The lowest BCUT2D eigenvalue weighted by molar-refractivity contribution is -0.124. The highest BCUT2D eigenvalue weighted by Crippen LogP contribution is 2.36. The molecule has 54 heavy (non-hydrogen) atoms. The smallest absolute Gasteiger partial charge is 0.267 e. The monoisotopic (exact) mass is 746 g/mol. The Bertz CT molecular complexity index is 1930. The van der Waals surface area contributed by atoms with Crippen molar-refractivity contribution in [2.45, 2.75) is 36.8 Å². The summed E-state index contributed by atoms with van der Waals surface area (Å²) in [6, 6.07) is 16.3. The zero-order valence-corrected chi connectivity index (χ0v) is 30.5. The Hall–Kier alpha value is -5.58. The molecule has 0 radical (unpaired) electrons. The number of hydrogen-bond donors (Lipinski definition) is 2. The van der Waals surface area contributed by atoms with E-state index in [9.17, 15) is 37.7 Å². The second kappa shape index (κ2) is 16.6. The van der Waals surface area contributed by atoms with Crippen LogP contribution < -0.4 is 20.4 Å². The van der Waals surface area contributed by atoms with E-state index in [0.29, 0.717) is 44.3 Å². The first kappa shape index (κ1) is 39.6. The van der Waals surface area contributed by atoms with Crippen LogP contribution in [-0.4, -0.2) is 123 Å². The Balaban J connectivity index is 0.000000208. The van der Waals surface area contributed by atoms with E-state index >= 15 is 0 Å². The van der Waals surface area contributed by atoms with Gasteiger partial charge in [0.25, 0.3) is 11.8 Å². The van der Waals surface area contributed by atoms with Crippen LogP contribution in [0, 0.1) is 22.7 Å². The zero-order chi connectivity index (χ0) is 39.2. The van der Waals surface area contributed by atoms with Gasteiger partial charge in [-0.2, -0.15) is 10.5 Å². The van der Waals surface area contributed by atoms with Gasteiger partial charge < -0.3 is 30.2 Å². The van der Waals surface area contributed by atoms with Crippen molar-refractivity contribution < 1.29 is 27.2 Å². The quantitative estimate of drug-likeness (QED) is 0.254. The van der Waals surface area contributed by atoms with Crippen LogP contribution in [0.4, 0.5) is 28.9 Å². The number of nitrogens with one attached hydrogen (secondary N) is 2. The number of likely N-dealkylation sites (N-methyl/N-ethyl adjacent to an activating group) is 2. The first-order valence-corrected chi connectivity index (χ1v) is 17.3. The summed E-state index contributed by atoms with van der Waals surface area (Å²) in [5.74, 6) is -6.43. The minimum absolute atomic E-state index is 0.145. The van der Waals surface area contributed by atoms with E-state index in [1.807, 2.05) is 0 Å². The van der Waals surface area contributed by atoms with Gasteiger partial charge in [0.15, 0.2) is 0 Å². The average Bonchev–Trinajstić information content (AvgIpc) is 3.08. The second-order valence-corrected chi connectivity index (χ2v) is 14.2. The van der Waals surface area contributed by atoms with Gasteiger partial charge in [0, 0.05) is 60.5 Å². The van der Waals surface area contributed by atoms with Gasteiger partial charge in [-0.3, -0.25) is 19.6 Å². The molecule has 2 atom stereocenters. The largest absolute Gasteiger partial charge is 0.363 e. The maximum Gasteiger partial charge on any atom is 0.267 e. The van der Waals surface area contributed by atoms with Crippen LogP contribution in [-0.2, 0) is 9.59 Å². The molecule has 2 saturated heterocycles. The number of amides is 2. The molecular formula is C38H42F4N10O2. The fourth-order valence-electron chi connectivity index (χ4n) is 6.93. The Labute approximate surface area is 310 Å². The van der Waals surface area contributed by atoms with Crippen molar-refractivity contribution in [1.29, 1.82) is 10.5 Å². The van der Waals surface area contributed by atoms with Gasteiger partial charge in [0.1, 0.15) is 12.1 Å². The van der Waals surface area contributed by atoms with E-state index in [4.69, 9.17) is 0 Å². The molecule has 0 saturated carbocycles. The van der Waals surface area contributed by atoms with Gasteiger partial charge in [-0.1, -0.05) is 0 Å².